The van der Waals surface area contributed by atoms with Crippen LogP contribution >= 0.6 is 15.9 Å². The average molecular weight is 356 g/mol. The Bertz CT molecular complexity index is 556. The number of rotatable bonds is 6. The second-order valence-electron chi connectivity index (χ2n) is 6.05. The van der Waals surface area contributed by atoms with E-state index in [1.54, 1.807) is 10.9 Å². The lowest BCUT2D eigenvalue weighted by Gasteiger charge is -2.18. The number of hydrogen-bond acceptors (Lipinski definition) is 4. The molecular formula is C15H22BrN3O2. The van der Waals surface area contributed by atoms with Gasteiger partial charge in [-0.1, -0.05) is 6.92 Å². The van der Waals surface area contributed by atoms with Gasteiger partial charge in [0.15, 0.2) is 0 Å². The van der Waals surface area contributed by atoms with E-state index in [1.165, 1.54) is 12.8 Å². The number of ether oxygens (including phenoxy) is 1. The van der Waals surface area contributed by atoms with E-state index in [0.717, 1.165) is 38.2 Å². The summed E-state index contributed by atoms with van der Waals surface area (Å²) in [5, 5.41) is 7.64. The largest absolute Gasteiger partial charge is 0.382 e. The van der Waals surface area contributed by atoms with Crippen LogP contribution in [0.15, 0.2) is 15.5 Å². The lowest BCUT2D eigenvalue weighted by Crippen LogP contribution is -2.27. The molecule has 0 bridgehead atoms. The van der Waals surface area contributed by atoms with Crippen molar-refractivity contribution in [2.45, 2.75) is 45.3 Å². The fraction of sp³-hybridized carbons (Fsp3) is 0.733. The standard InChI is InChI=1S/C15H22BrN3O2/c1-2-13-11(5-6-21-13)7-17-12-8-18-19(9-10-3-4-10)15(20)14(12)16/h8,10-11,13,17H,2-7,9H2,1H3. The van der Waals surface area contributed by atoms with E-state index in [1.807, 2.05) is 0 Å². The summed E-state index contributed by atoms with van der Waals surface area (Å²) in [6.45, 7) is 4.56. The Morgan fingerprint density at radius 2 is 2.29 bits per heavy atom. The fourth-order valence-electron chi connectivity index (χ4n) is 2.88. The predicted molar refractivity (Wildman–Crippen MR) is 85.5 cm³/mol. The fourth-order valence-corrected chi connectivity index (χ4v) is 3.33. The molecule has 6 heteroatoms. The molecular weight excluding hydrogens is 334 g/mol. The molecule has 1 aromatic rings. The number of aromatic nitrogens is 2. The molecule has 1 saturated heterocycles. The molecule has 0 aromatic carbocycles. The minimum absolute atomic E-state index is 0.0402. The van der Waals surface area contributed by atoms with Crippen LogP contribution in [0.4, 0.5) is 5.69 Å². The molecule has 0 radical (unpaired) electrons. The van der Waals surface area contributed by atoms with Crippen molar-refractivity contribution < 1.29 is 4.74 Å². The summed E-state index contributed by atoms with van der Waals surface area (Å²) in [7, 11) is 0. The second-order valence-corrected chi connectivity index (χ2v) is 6.84. The van der Waals surface area contributed by atoms with Crippen molar-refractivity contribution in [3.63, 3.8) is 0 Å². The highest BCUT2D eigenvalue weighted by molar-refractivity contribution is 9.10. The Balaban J connectivity index is 1.65. The van der Waals surface area contributed by atoms with Gasteiger partial charge in [-0.15, -0.1) is 0 Å². The number of anilines is 1. The third-order valence-electron chi connectivity index (χ3n) is 4.42. The topological polar surface area (TPSA) is 56.1 Å². The van der Waals surface area contributed by atoms with E-state index in [4.69, 9.17) is 4.74 Å². The van der Waals surface area contributed by atoms with Gasteiger partial charge in [0.2, 0.25) is 0 Å². The highest BCUT2D eigenvalue weighted by atomic mass is 79.9. The van der Waals surface area contributed by atoms with Gasteiger partial charge in [-0.25, -0.2) is 4.68 Å². The van der Waals surface area contributed by atoms with E-state index < -0.39 is 0 Å². The zero-order valence-corrected chi connectivity index (χ0v) is 13.9. The van der Waals surface area contributed by atoms with Gasteiger partial charge >= 0.3 is 0 Å². The van der Waals surface area contributed by atoms with Crippen LogP contribution in [0, 0.1) is 11.8 Å². The molecule has 3 rings (SSSR count). The van der Waals surface area contributed by atoms with Gasteiger partial charge in [0.1, 0.15) is 4.47 Å². The van der Waals surface area contributed by atoms with Gasteiger partial charge in [-0.2, -0.15) is 5.10 Å². The molecule has 1 saturated carbocycles. The van der Waals surface area contributed by atoms with Crippen molar-refractivity contribution in [2.24, 2.45) is 11.8 Å². The lowest BCUT2D eigenvalue weighted by atomic mass is 10.00. The molecule has 0 amide bonds. The molecule has 2 heterocycles. The summed E-state index contributed by atoms with van der Waals surface area (Å²) >= 11 is 3.42. The number of halogens is 1. The molecule has 2 unspecified atom stereocenters. The molecule has 1 N–H and O–H groups in total. The van der Waals surface area contributed by atoms with Gasteiger partial charge in [-0.05, 0) is 47.5 Å². The Morgan fingerprint density at radius 1 is 1.48 bits per heavy atom. The third kappa shape index (κ3) is 3.48. The number of nitrogens with one attached hydrogen (secondary N) is 1. The van der Waals surface area contributed by atoms with Crippen LogP contribution in [-0.2, 0) is 11.3 Å². The maximum absolute atomic E-state index is 12.3. The smallest absolute Gasteiger partial charge is 0.283 e. The van der Waals surface area contributed by atoms with Crippen LogP contribution in [0.3, 0.4) is 0 Å². The summed E-state index contributed by atoms with van der Waals surface area (Å²) in [6.07, 6.45) is 6.63. The molecule has 1 aliphatic carbocycles. The predicted octanol–water partition coefficient (Wildman–Crippen LogP) is 2.64. The average Bonchev–Trinajstić information content (AvgIpc) is 3.19. The monoisotopic (exact) mass is 355 g/mol. The van der Waals surface area contributed by atoms with Crippen molar-refractivity contribution in [3.8, 4) is 0 Å². The number of hydrogen-bond donors (Lipinski definition) is 1. The molecule has 1 aliphatic heterocycles. The van der Waals surface area contributed by atoms with Crippen LogP contribution in [0.25, 0.3) is 0 Å². The Hall–Kier alpha value is -0.880. The van der Waals surface area contributed by atoms with Crippen LogP contribution < -0.4 is 10.9 Å². The summed E-state index contributed by atoms with van der Waals surface area (Å²) in [5.41, 5.74) is 0.746. The minimum Gasteiger partial charge on any atom is -0.382 e. The summed E-state index contributed by atoms with van der Waals surface area (Å²) in [6, 6.07) is 0. The third-order valence-corrected chi connectivity index (χ3v) is 5.18. The molecule has 5 nitrogen and oxygen atoms in total. The first-order chi connectivity index (χ1) is 10.2. The van der Waals surface area contributed by atoms with Crippen LogP contribution in [0.5, 0.6) is 0 Å². The second kappa shape index (κ2) is 6.48. The van der Waals surface area contributed by atoms with Crippen LogP contribution in [-0.4, -0.2) is 29.0 Å². The molecule has 21 heavy (non-hydrogen) atoms. The van der Waals surface area contributed by atoms with E-state index in [0.29, 0.717) is 22.4 Å². The van der Waals surface area contributed by atoms with Gasteiger partial charge in [0.25, 0.3) is 5.56 Å². The minimum atomic E-state index is -0.0402. The molecule has 2 aliphatic rings. The Labute approximate surface area is 133 Å². The Morgan fingerprint density at radius 3 is 3.00 bits per heavy atom. The quantitative estimate of drug-likeness (QED) is 0.852. The van der Waals surface area contributed by atoms with Crippen LogP contribution in [0.1, 0.15) is 32.6 Å². The zero-order chi connectivity index (χ0) is 14.8. The van der Waals surface area contributed by atoms with Crippen molar-refractivity contribution in [1.29, 1.82) is 0 Å². The zero-order valence-electron chi connectivity index (χ0n) is 12.3. The maximum Gasteiger partial charge on any atom is 0.283 e. The maximum atomic E-state index is 12.3. The first kappa shape index (κ1) is 15.0. The van der Waals surface area contributed by atoms with Crippen molar-refractivity contribution in [3.05, 3.63) is 21.0 Å². The van der Waals surface area contributed by atoms with Crippen LogP contribution in [0.2, 0.25) is 0 Å². The number of nitrogens with zero attached hydrogens (tertiary/aromatic N) is 2. The van der Waals surface area contributed by atoms with E-state index in [9.17, 15) is 4.79 Å². The summed E-state index contributed by atoms with van der Waals surface area (Å²) in [5.74, 6) is 1.15. The van der Waals surface area contributed by atoms with Crippen molar-refractivity contribution >= 4 is 21.6 Å². The van der Waals surface area contributed by atoms with E-state index >= 15 is 0 Å². The van der Waals surface area contributed by atoms with E-state index in [-0.39, 0.29) is 5.56 Å². The Kier molecular flexibility index (Phi) is 4.64. The lowest BCUT2D eigenvalue weighted by molar-refractivity contribution is 0.0900. The molecule has 1 aromatic heterocycles. The molecule has 0 spiro atoms. The van der Waals surface area contributed by atoms with Gasteiger partial charge in [-0.3, -0.25) is 4.79 Å². The normalized spacial score (nSPS) is 25.2. The highest BCUT2D eigenvalue weighted by Crippen LogP contribution is 2.30. The first-order valence-electron chi connectivity index (χ1n) is 7.80. The van der Waals surface area contributed by atoms with E-state index in [2.05, 4.69) is 33.3 Å². The molecule has 2 fully saturated rings. The molecule has 116 valence electrons. The SMILES string of the molecule is CCC1OCCC1CNc1cnn(CC2CC2)c(=O)c1Br. The first-order valence-corrected chi connectivity index (χ1v) is 8.59. The van der Waals surface area contributed by atoms with Crippen molar-refractivity contribution in [2.75, 3.05) is 18.5 Å². The molecule has 2 atom stereocenters. The van der Waals surface area contributed by atoms with Crippen molar-refractivity contribution in [1.82, 2.24) is 9.78 Å². The van der Waals surface area contributed by atoms with Gasteiger partial charge < -0.3 is 10.1 Å². The summed E-state index contributed by atoms with van der Waals surface area (Å²) in [4.78, 5) is 12.3. The van der Waals surface area contributed by atoms with Gasteiger partial charge in [0.05, 0.1) is 18.0 Å². The summed E-state index contributed by atoms with van der Waals surface area (Å²) < 4.78 is 7.85. The highest BCUT2D eigenvalue weighted by Gasteiger charge is 2.27. The van der Waals surface area contributed by atoms with Gasteiger partial charge in [0, 0.05) is 25.6 Å².